The van der Waals surface area contributed by atoms with Gasteiger partial charge in [-0.2, -0.15) is 5.10 Å². The van der Waals surface area contributed by atoms with Gasteiger partial charge in [-0.1, -0.05) is 0 Å². The molecule has 0 aliphatic rings. The van der Waals surface area contributed by atoms with Gasteiger partial charge in [-0.3, -0.25) is 0 Å². The van der Waals surface area contributed by atoms with Crippen LogP contribution in [0.2, 0.25) is 0 Å². The molecule has 114 valence electrons. The number of benzene rings is 1. The fraction of sp³-hybridized carbons (Fsp3) is 0.438. The van der Waals surface area contributed by atoms with E-state index in [1.54, 1.807) is 0 Å². The number of nitrogen functional groups attached to an aromatic ring is 1. The molecule has 0 aliphatic carbocycles. The van der Waals surface area contributed by atoms with Crippen molar-refractivity contribution in [1.29, 1.82) is 0 Å². The van der Waals surface area contributed by atoms with Crippen LogP contribution < -0.4 is 16.0 Å². The number of aromatic nitrogens is 2. The van der Waals surface area contributed by atoms with Gasteiger partial charge in [0.25, 0.3) is 0 Å². The monoisotopic (exact) mass is 287 g/mol. The van der Waals surface area contributed by atoms with Crippen molar-refractivity contribution < 1.29 is 0 Å². The second-order valence-corrected chi connectivity index (χ2v) is 5.01. The highest BCUT2D eigenvalue weighted by molar-refractivity contribution is 5.72. The molecule has 0 atom stereocenters. The van der Waals surface area contributed by atoms with Gasteiger partial charge in [-0.15, -0.1) is 0 Å². The van der Waals surface area contributed by atoms with Gasteiger partial charge in [0.2, 0.25) is 0 Å². The van der Waals surface area contributed by atoms with Crippen molar-refractivity contribution >= 4 is 22.9 Å². The normalized spacial score (nSPS) is 10.7. The Morgan fingerprint density at radius 3 is 2.29 bits per heavy atom. The van der Waals surface area contributed by atoms with Crippen LogP contribution in [0, 0.1) is 6.92 Å². The zero-order valence-electron chi connectivity index (χ0n) is 13.3. The van der Waals surface area contributed by atoms with Crippen molar-refractivity contribution in [3.8, 4) is 0 Å². The number of nitrogens with two attached hydrogens (primary N) is 1. The average Bonchev–Trinajstić information content (AvgIpc) is 2.78. The predicted octanol–water partition coefficient (Wildman–Crippen LogP) is 3.38. The Labute approximate surface area is 126 Å². The van der Waals surface area contributed by atoms with Crippen molar-refractivity contribution in [2.75, 3.05) is 29.0 Å². The zero-order chi connectivity index (χ0) is 15.4. The van der Waals surface area contributed by atoms with E-state index in [9.17, 15) is 0 Å². The third-order valence-corrected chi connectivity index (χ3v) is 3.73. The Morgan fingerprint density at radius 1 is 1.14 bits per heavy atom. The topological polar surface area (TPSA) is 59.1 Å². The minimum absolute atomic E-state index is 0.713. The molecule has 0 spiro atoms. The van der Waals surface area contributed by atoms with E-state index in [-0.39, 0.29) is 0 Å². The Kier molecular flexibility index (Phi) is 4.73. The molecule has 5 heteroatoms. The molecule has 1 heterocycles. The standard InChI is InChI=1S/C16H25N5/c1-5-20(6-2)14-10-8-13(9-11-14)18-16-15(17)12(4)19-21(16)7-3/h8-11,18H,5-7,17H2,1-4H3. The first-order valence-electron chi connectivity index (χ1n) is 7.55. The largest absolute Gasteiger partial charge is 0.394 e. The Balaban J connectivity index is 2.21. The van der Waals surface area contributed by atoms with E-state index in [1.165, 1.54) is 5.69 Å². The zero-order valence-corrected chi connectivity index (χ0v) is 13.3. The summed E-state index contributed by atoms with van der Waals surface area (Å²) in [6, 6.07) is 8.42. The lowest BCUT2D eigenvalue weighted by Gasteiger charge is -2.21. The van der Waals surface area contributed by atoms with E-state index in [0.29, 0.717) is 5.69 Å². The summed E-state index contributed by atoms with van der Waals surface area (Å²) in [5, 5.41) is 7.79. The Bertz CT molecular complexity index is 581. The van der Waals surface area contributed by atoms with Crippen LogP contribution in [0.4, 0.5) is 22.9 Å². The molecule has 0 radical (unpaired) electrons. The molecular formula is C16H25N5. The predicted molar refractivity (Wildman–Crippen MR) is 90.3 cm³/mol. The molecule has 5 nitrogen and oxygen atoms in total. The van der Waals surface area contributed by atoms with Gasteiger partial charge in [0.05, 0.1) is 11.4 Å². The van der Waals surface area contributed by atoms with Gasteiger partial charge in [0.1, 0.15) is 0 Å². The number of anilines is 4. The summed E-state index contributed by atoms with van der Waals surface area (Å²) >= 11 is 0. The van der Waals surface area contributed by atoms with Gasteiger partial charge in [0, 0.05) is 31.0 Å². The molecule has 2 rings (SSSR count). The third-order valence-electron chi connectivity index (χ3n) is 3.73. The molecule has 3 N–H and O–H groups in total. The molecule has 0 saturated heterocycles. The summed E-state index contributed by atoms with van der Waals surface area (Å²) in [6.45, 7) is 11.1. The molecule has 21 heavy (non-hydrogen) atoms. The fourth-order valence-corrected chi connectivity index (χ4v) is 2.44. The number of rotatable bonds is 6. The molecule has 1 aromatic heterocycles. The van der Waals surface area contributed by atoms with E-state index in [1.807, 2.05) is 11.6 Å². The maximum atomic E-state index is 6.09. The van der Waals surface area contributed by atoms with Crippen molar-refractivity contribution in [2.24, 2.45) is 0 Å². The lowest BCUT2D eigenvalue weighted by Crippen LogP contribution is -2.21. The summed E-state index contributed by atoms with van der Waals surface area (Å²) in [7, 11) is 0. The van der Waals surface area contributed by atoms with Crippen LogP contribution in [0.3, 0.4) is 0 Å². The lowest BCUT2D eigenvalue weighted by molar-refractivity contribution is 0.661. The molecule has 0 saturated carbocycles. The van der Waals surface area contributed by atoms with Crippen molar-refractivity contribution in [3.63, 3.8) is 0 Å². The molecule has 0 aliphatic heterocycles. The second kappa shape index (κ2) is 6.52. The first kappa shape index (κ1) is 15.2. The highest BCUT2D eigenvalue weighted by Gasteiger charge is 2.11. The van der Waals surface area contributed by atoms with E-state index < -0.39 is 0 Å². The van der Waals surface area contributed by atoms with Crippen LogP contribution in [0.1, 0.15) is 26.5 Å². The first-order valence-corrected chi connectivity index (χ1v) is 7.55. The molecule has 0 unspecified atom stereocenters. The number of nitrogens with one attached hydrogen (secondary N) is 1. The second-order valence-electron chi connectivity index (χ2n) is 5.01. The smallest absolute Gasteiger partial charge is 0.152 e. The van der Waals surface area contributed by atoms with Gasteiger partial charge < -0.3 is 16.0 Å². The lowest BCUT2D eigenvalue weighted by atomic mass is 10.2. The fourth-order valence-electron chi connectivity index (χ4n) is 2.44. The molecule has 1 aromatic carbocycles. The summed E-state index contributed by atoms with van der Waals surface area (Å²) in [5.41, 5.74) is 9.92. The molecular weight excluding hydrogens is 262 g/mol. The minimum atomic E-state index is 0.713. The summed E-state index contributed by atoms with van der Waals surface area (Å²) in [4.78, 5) is 2.32. The van der Waals surface area contributed by atoms with E-state index >= 15 is 0 Å². The highest BCUT2D eigenvalue weighted by Crippen LogP contribution is 2.27. The molecule has 0 bridgehead atoms. The SMILES string of the molecule is CCN(CC)c1ccc(Nc2c(N)c(C)nn2CC)cc1. The van der Waals surface area contributed by atoms with Gasteiger partial charge in [0.15, 0.2) is 5.82 Å². The van der Waals surface area contributed by atoms with Crippen LogP contribution in [0.15, 0.2) is 24.3 Å². The quantitative estimate of drug-likeness (QED) is 0.855. The highest BCUT2D eigenvalue weighted by atomic mass is 15.3. The third kappa shape index (κ3) is 3.12. The summed E-state index contributed by atoms with van der Waals surface area (Å²) in [5.74, 6) is 0.866. The van der Waals surface area contributed by atoms with E-state index in [0.717, 1.165) is 36.8 Å². The summed E-state index contributed by atoms with van der Waals surface area (Å²) in [6.07, 6.45) is 0. The van der Waals surface area contributed by atoms with Crippen LogP contribution >= 0.6 is 0 Å². The molecule has 0 fully saturated rings. The summed E-state index contributed by atoms with van der Waals surface area (Å²) < 4.78 is 1.89. The van der Waals surface area contributed by atoms with E-state index in [2.05, 4.69) is 60.4 Å². The van der Waals surface area contributed by atoms with Crippen molar-refractivity contribution in [3.05, 3.63) is 30.0 Å². The van der Waals surface area contributed by atoms with E-state index in [4.69, 9.17) is 5.73 Å². The van der Waals surface area contributed by atoms with Crippen LogP contribution in [-0.4, -0.2) is 22.9 Å². The number of nitrogens with zero attached hydrogens (tertiary/aromatic N) is 3. The maximum Gasteiger partial charge on any atom is 0.152 e. The maximum absolute atomic E-state index is 6.09. The van der Waals surface area contributed by atoms with Gasteiger partial charge in [-0.05, 0) is 52.0 Å². The average molecular weight is 287 g/mol. The number of aryl methyl sites for hydroxylation is 2. The van der Waals surface area contributed by atoms with Crippen LogP contribution in [0.25, 0.3) is 0 Å². The Hall–Kier alpha value is -2.17. The van der Waals surface area contributed by atoms with Crippen LogP contribution in [-0.2, 0) is 6.54 Å². The van der Waals surface area contributed by atoms with Crippen LogP contribution in [0.5, 0.6) is 0 Å². The van der Waals surface area contributed by atoms with Gasteiger partial charge in [-0.25, -0.2) is 4.68 Å². The van der Waals surface area contributed by atoms with Crippen molar-refractivity contribution in [1.82, 2.24) is 9.78 Å². The van der Waals surface area contributed by atoms with Gasteiger partial charge >= 0.3 is 0 Å². The molecule has 2 aromatic rings. The Morgan fingerprint density at radius 2 is 1.76 bits per heavy atom. The minimum Gasteiger partial charge on any atom is -0.394 e. The number of hydrogen-bond donors (Lipinski definition) is 2. The molecule has 0 amide bonds. The van der Waals surface area contributed by atoms with Crippen molar-refractivity contribution in [2.45, 2.75) is 34.2 Å². The number of hydrogen-bond acceptors (Lipinski definition) is 4. The first-order chi connectivity index (χ1) is 10.1.